The Hall–Kier alpha value is -1.63. The Balaban J connectivity index is 1.61. The average molecular weight is 418 g/mol. The summed E-state index contributed by atoms with van der Waals surface area (Å²) < 4.78 is 16.8. The number of nitrogens with zero attached hydrogens (tertiary/aromatic N) is 2. The summed E-state index contributed by atoms with van der Waals surface area (Å²) in [5, 5.41) is 3.52. The molecule has 2 saturated heterocycles. The highest BCUT2D eigenvalue weighted by Gasteiger charge is 2.34. The van der Waals surface area contributed by atoms with Crippen LogP contribution in [0.25, 0.3) is 0 Å². The summed E-state index contributed by atoms with van der Waals surface area (Å²) in [7, 11) is 1.74. The Labute approximate surface area is 182 Å². The maximum Gasteiger partial charge on any atom is 0.193 e. The molecular formula is C24H39N3O3. The Kier molecular flexibility index (Phi) is 9.43. The third-order valence-electron chi connectivity index (χ3n) is 6.29. The summed E-state index contributed by atoms with van der Waals surface area (Å²) in [6.07, 6.45) is 5.47. The smallest absolute Gasteiger partial charge is 0.193 e. The van der Waals surface area contributed by atoms with E-state index in [1.165, 1.54) is 5.56 Å². The van der Waals surface area contributed by atoms with E-state index in [-0.39, 0.29) is 5.41 Å². The zero-order chi connectivity index (χ0) is 21.1. The van der Waals surface area contributed by atoms with Gasteiger partial charge in [-0.1, -0.05) is 30.3 Å². The van der Waals surface area contributed by atoms with Crippen LogP contribution < -0.4 is 5.32 Å². The lowest BCUT2D eigenvalue weighted by atomic mass is 9.74. The minimum absolute atomic E-state index is 0.0724. The SMILES string of the molecule is CCNC(=NCC1(c2ccccc2)CCOCC1)N1CCC(OCCCOC)CC1. The van der Waals surface area contributed by atoms with Gasteiger partial charge < -0.3 is 24.4 Å². The van der Waals surface area contributed by atoms with Gasteiger partial charge in [-0.2, -0.15) is 0 Å². The first-order chi connectivity index (χ1) is 14.8. The molecule has 1 aromatic carbocycles. The molecule has 0 radical (unpaired) electrons. The number of piperidine rings is 1. The van der Waals surface area contributed by atoms with Crippen molar-refractivity contribution in [3.05, 3.63) is 35.9 Å². The average Bonchev–Trinajstić information content (AvgIpc) is 2.81. The quantitative estimate of drug-likeness (QED) is 0.380. The lowest BCUT2D eigenvalue weighted by Gasteiger charge is -2.38. The molecule has 2 heterocycles. The summed E-state index contributed by atoms with van der Waals surface area (Å²) in [5.74, 6) is 1.04. The van der Waals surface area contributed by atoms with Gasteiger partial charge in [0.2, 0.25) is 0 Å². The standard InChI is InChI=1S/C24H39N3O3/c1-3-25-23(27-14-10-22(11-15-27)30-17-7-16-28-2)26-20-24(12-18-29-19-13-24)21-8-5-4-6-9-21/h4-6,8-9,22H,3,7,10-20H2,1-2H3,(H,25,26). The normalized spacial score (nSPS) is 20.3. The van der Waals surface area contributed by atoms with Gasteiger partial charge in [-0.25, -0.2) is 0 Å². The van der Waals surface area contributed by atoms with Crippen molar-refractivity contribution in [1.82, 2.24) is 10.2 Å². The number of hydrogen-bond donors (Lipinski definition) is 1. The highest BCUT2D eigenvalue weighted by Crippen LogP contribution is 2.35. The molecule has 0 aliphatic carbocycles. The Morgan fingerprint density at radius 1 is 1.17 bits per heavy atom. The number of nitrogens with one attached hydrogen (secondary N) is 1. The molecule has 0 bridgehead atoms. The molecule has 2 aliphatic rings. The Morgan fingerprint density at radius 3 is 2.57 bits per heavy atom. The zero-order valence-electron chi connectivity index (χ0n) is 18.8. The molecule has 0 saturated carbocycles. The van der Waals surface area contributed by atoms with Crippen LogP contribution in [0.4, 0.5) is 0 Å². The Bertz CT molecular complexity index is 624. The monoisotopic (exact) mass is 417 g/mol. The molecule has 0 atom stereocenters. The van der Waals surface area contributed by atoms with Crippen molar-refractivity contribution in [1.29, 1.82) is 0 Å². The van der Waals surface area contributed by atoms with Crippen LogP contribution in [-0.2, 0) is 19.6 Å². The highest BCUT2D eigenvalue weighted by atomic mass is 16.5. The van der Waals surface area contributed by atoms with Gasteiger partial charge in [0.25, 0.3) is 0 Å². The topological polar surface area (TPSA) is 55.3 Å². The second-order valence-electron chi connectivity index (χ2n) is 8.33. The van der Waals surface area contributed by atoms with E-state index in [0.29, 0.717) is 6.10 Å². The van der Waals surface area contributed by atoms with Crippen LogP contribution in [0.5, 0.6) is 0 Å². The van der Waals surface area contributed by atoms with Gasteiger partial charge in [-0.3, -0.25) is 4.99 Å². The first-order valence-corrected chi connectivity index (χ1v) is 11.5. The first kappa shape index (κ1) is 23.0. The predicted molar refractivity (Wildman–Crippen MR) is 121 cm³/mol. The molecule has 0 amide bonds. The fraction of sp³-hybridized carbons (Fsp3) is 0.708. The van der Waals surface area contributed by atoms with Crippen LogP contribution in [0.15, 0.2) is 35.3 Å². The van der Waals surface area contributed by atoms with E-state index in [1.807, 2.05) is 0 Å². The van der Waals surface area contributed by atoms with E-state index in [9.17, 15) is 0 Å². The molecule has 2 fully saturated rings. The van der Waals surface area contributed by atoms with E-state index in [1.54, 1.807) is 7.11 Å². The molecule has 0 unspecified atom stereocenters. The molecule has 1 N–H and O–H groups in total. The molecule has 0 spiro atoms. The van der Waals surface area contributed by atoms with E-state index < -0.39 is 0 Å². The van der Waals surface area contributed by atoms with Crippen LogP contribution in [0, 0.1) is 0 Å². The van der Waals surface area contributed by atoms with Crippen LogP contribution in [0.3, 0.4) is 0 Å². The van der Waals surface area contributed by atoms with Gasteiger partial charge in [-0.15, -0.1) is 0 Å². The maximum atomic E-state index is 6.02. The number of rotatable bonds is 9. The van der Waals surface area contributed by atoms with Gasteiger partial charge >= 0.3 is 0 Å². The predicted octanol–water partition coefficient (Wildman–Crippen LogP) is 3.22. The fourth-order valence-corrected chi connectivity index (χ4v) is 4.43. The van der Waals surface area contributed by atoms with Gasteiger partial charge in [0.1, 0.15) is 0 Å². The largest absolute Gasteiger partial charge is 0.385 e. The molecule has 6 heteroatoms. The van der Waals surface area contributed by atoms with Crippen LogP contribution in [-0.4, -0.2) is 76.7 Å². The first-order valence-electron chi connectivity index (χ1n) is 11.5. The summed E-state index contributed by atoms with van der Waals surface area (Å²) in [4.78, 5) is 7.54. The summed E-state index contributed by atoms with van der Waals surface area (Å²) in [6.45, 7) is 8.98. The summed E-state index contributed by atoms with van der Waals surface area (Å²) >= 11 is 0. The zero-order valence-corrected chi connectivity index (χ0v) is 18.8. The minimum atomic E-state index is 0.0724. The molecule has 6 nitrogen and oxygen atoms in total. The summed E-state index contributed by atoms with van der Waals surface area (Å²) in [5.41, 5.74) is 1.46. The van der Waals surface area contributed by atoms with E-state index >= 15 is 0 Å². The van der Waals surface area contributed by atoms with E-state index in [2.05, 4.69) is 47.5 Å². The van der Waals surface area contributed by atoms with Crippen molar-refractivity contribution in [3.8, 4) is 0 Å². The molecule has 2 aliphatic heterocycles. The highest BCUT2D eigenvalue weighted by molar-refractivity contribution is 5.80. The van der Waals surface area contributed by atoms with Crippen molar-refractivity contribution in [3.63, 3.8) is 0 Å². The van der Waals surface area contributed by atoms with Gasteiger partial charge in [0.15, 0.2) is 5.96 Å². The van der Waals surface area contributed by atoms with Crippen molar-refractivity contribution < 1.29 is 14.2 Å². The third kappa shape index (κ3) is 6.43. The van der Waals surface area contributed by atoms with Gasteiger partial charge in [-0.05, 0) is 44.6 Å². The maximum absolute atomic E-state index is 6.02. The molecule has 168 valence electrons. The lowest BCUT2D eigenvalue weighted by Crippen LogP contribution is -2.48. The van der Waals surface area contributed by atoms with Crippen molar-refractivity contribution in [2.24, 2.45) is 4.99 Å². The van der Waals surface area contributed by atoms with E-state index in [4.69, 9.17) is 19.2 Å². The number of methoxy groups -OCH3 is 1. The second-order valence-corrected chi connectivity index (χ2v) is 8.33. The third-order valence-corrected chi connectivity index (χ3v) is 6.29. The molecule has 1 aromatic rings. The number of aliphatic imine (C=N–C) groups is 1. The van der Waals surface area contributed by atoms with Gasteiger partial charge in [0, 0.05) is 58.6 Å². The number of likely N-dealkylation sites (tertiary alicyclic amines) is 1. The second kappa shape index (κ2) is 12.3. The fourth-order valence-electron chi connectivity index (χ4n) is 4.43. The van der Waals surface area contributed by atoms with Crippen LogP contribution >= 0.6 is 0 Å². The van der Waals surface area contributed by atoms with Crippen LogP contribution in [0.2, 0.25) is 0 Å². The number of hydrogen-bond acceptors (Lipinski definition) is 4. The summed E-state index contributed by atoms with van der Waals surface area (Å²) in [6, 6.07) is 10.9. The molecule has 3 rings (SSSR count). The van der Waals surface area contributed by atoms with Crippen molar-refractivity contribution >= 4 is 5.96 Å². The number of guanidine groups is 1. The van der Waals surface area contributed by atoms with Gasteiger partial charge in [0.05, 0.1) is 12.6 Å². The minimum Gasteiger partial charge on any atom is -0.385 e. The number of ether oxygens (including phenoxy) is 3. The van der Waals surface area contributed by atoms with Crippen LogP contribution in [0.1, 0.15) is 44.6 Å². The molecule has 30 heavy (non-hydrogen) atoms. The number of benzene rings is 1. The molecular weight excluding hydrogens is 378 g/mol. The van der Waals surface area contributed by atoms with E-state index in [0.717, 1.165) is 90.7 Å². The lowest BCUT2D eigenvalue weighted by molar-refractivity contribution is 0.00982. The van der Waals surface area contributed by atoms with Crippen molar-refractivity contribution in [2.45, 2.75) is 50.5 Å². The Morgan fingerprint density at radius 2 is 1.90 bits per heavy atom. The van der Waals surface area contributed by atoms with Crippen molar-refractivity contribution in [2.75, 3.05) is 59.7 Å². The molecule has 0 aromatic heterocycles.